The average Bonchev–Trinajstić information content (AvgIpc) is 2.96. The van der Waals surface area contributed by atoms with Crippen molar-refractivity contribution in [2.75, 3.05) is 14.1 Å². The summed E-state index contributed by atoms with van der Waals surface area (Å²) in [6, 6.07) is 6.79. The SMILES string of the molecule is CCc1ccc(S(=O)(=O)/N=C2/S/C(=C/N(C)C)C(=O)N2C2CCCCC2)cc1. The van der Waals surface area contributed by atoms with Gasteiger partial charge in [0, 0.05) is 26.3 Å². The Morgan fingerprint density at radius 2 is 1.82 bits per heavy atom. The monoisotopic (exact) mass is 421 g/mol. The van der Waals surface area contributed by atoms with Crippen LogP contribution in [0.25, 0.3) is 0 Å². The van der Waals surface area contributed by atoms with E-state index in [1.807, 2.05) is 21.0 Å². The smallest absolute Gasteiger partial charge is 0.284 e. The standard InChI is InChI=1S/C20H27N3O3S2/c1-4-15-10-12-17(13-11-15)28(25,26)21-20-23(16-8-6-5-7-9-16)19(24)18(27-20)14-22(2)3/h10-14,16H,4-9H2,1-3H3/b18-14+,21-20+. The number of carbonyl (C=O) groups excluding carboxylic acids is 1. The molecule has 2 fully saturated rings. The van der Waals surface area contributed by atoms with Crippen molar-refractivity contribution in [1.29, 1.82) is 0 Å². The van der Waals surface area contributed by atoms with Crippen LogP contribution in [0.5, 0.6) is 0 Å². The number of benzene rings is 1. The van der Waals surface area contributed by atoms with Gasteiger partial charge in [-0.1, -0.05) is 38.3 Å². The van der Waals surface area contributed by atoms with E-state index in [0.29, 0.717) is 4.91 Å². The van der Waals surface area contributed by atoms with Gasteiger partial charge in [0.2, 0.25) is 0 Å². The molecule has 0 spiro atoms. The maximum absolute atomic E-state index is 13.0. The van der Waals surface area contributed by atoms with Gasteiger partial charge in [0.25, 0.3) is 15.9 Å². The number of amides is 1. The highest BCUT2D eigenvalue weighted by molar-refractivity contribution is 8.19. The molecule has 0 atom stereocenters. The molecule has 1 aliphatic carbocycles. The van der Waals surface area contributed by atoms with Gasteiger partial charge in [0.05, 0.1) is 9.80 Å². The number of hydrogen-bond acceptors (Lipinski definition) is 5. The fourth-order valence-electron chi connectivity index (χ4n) is 3.49. The van der Waals surface area contributed by atoms with Gasteiger partial charge >= 0.3 is 0 Å². The first-order chi connectivity index (χ1) is 13.3. The Morgan fingerprint density at radius 3 is 2.39 bits per heavy atom. The zero-order valence-corrected chi connectivity index (χ0v) is 18.2. The molecule has 1 saturated carbocycles. The minimum absolute atomic E-state index is 0.0122. The number of hydrogen-bond donors (Lipinski definition) is 0. The molecule has 6 nitrogen and oxygen atoms in total. The highest BCUT2D eigenvalue weighted by Gasteiger charge is 2.40. The number of sulfonamides is 1. The second-order valence-electron chi connectivity index (χ2n) is 7.37. The molecule has 0 bridgehead atoms. The normalized spacial score (nSPS) is 21.7. The van der Waals surface area contributed by atoms with Crippen molar-refractivity contribution in [3.05, 3.63) is 40.9 Å². The molecule has 1 heterocycles. The van der Waals surface area contributed by atoms with Crippen LogP contribution in [0.15, 0.2) is 44.7 Å². The molecule has 8 heteroatoms. The number of aryl methyl sites for hydroxylation is 1. The maximum Gasteiger partial charge on any atom is 0.284 e. The van der Waals surface area contributed by atoms with Crippen LogP contribution >= 0.6 is 11.8 Å². The molecule has 0 radical (unpaired) electrons. The Balaban J connectivity index is 1.98. The molecular formula is C20H27N3O3S2. The van der Waals surface area contributed by atoms with Gasteiger partial charge in [-0.2, -0.15) is 8.42 Å². The number of thioether (sulfide) groups is 1. The van der Waals surface area contributed by atoms with E-state index in [0.717, 1.165) is 55.9 Å². The lowest BCUT2D eigenvalue weighted by molar-refractivity contribution is -0.124. The van der Waals surface area contributed by atoms with Crippen LogP contribution in [0.1, 0.15) is 44.6 Å². The van der Waals surface area contributed by atoms with Crippen molar-refractivity contribution < 1.29 is 13.2 Å². The van der Waals surface area contributed by atoms with Crippen molar-refractivity contribution in [3.8, 4) is 0 Å². The number of nitrogens with zero attached hydrogens (tertiary/aromatic N) is 3. The molecule has 2 aliphatic rings. The van der Waals surface area contributed by atoms with Crippen LogP contribution in [-0.2, 0) is 21.2 Å². The first-order valence-electron chi connectivity index (χ1n) is 9.65. The van der Waals surface area contributed by atoms with Crippen molar-refractivity contribution in [3.63, 3.8) is 0 Å². The van der Waals surface area contributed by atoms with Crippen molar-refractivity contribution in [1.82, 2.24) is 9.80 Å². The summed E-state index contributed by atoms with van der Waals surface area (Å²) in [4.78, 5) is 17.0. The maximum atomic E-state index is 13.0. The van der Waals surface area contributed by atoms with Crippen LogP contribution < -0.4 is 0 Å². The van der Waals surface area contributed by atoms with Crippen LogP contribution in [0.4, 0.5) is 0 Å². The van der Waals surface area contributed by atoms with Gasteiger partial charge < -0.3 is 4.90 Å². The van der Waals surface area contributed by atoms with E-state index in [9.17, 15) is 13.2 Å². The Hall–Kier alpha value is -1.80. The highest BCUT2D eigenvalue weighted by atomic mass is 32.2. The van der Waals surface area contributed by atoms with Crippen molar-refractivity contribution in [2.45, 2.75) is 56.4 Å². The molecule has 1 saturated heterocycles. The average molecular weight is 422 g/mol. The lowest BCUT2D eigenvalue weighted by Gasteiger charge is -2.30. The zero-order chi connectivity index (χ0) is 20.3. The molecule has 0 unspecified atom stereocenters. The number of rotatable bonds is 5. The van der Waals surface area contributed by atoms with E-state index in [1.54, 1.807) is 40.3 Å². The summed E-state index contributed by atoms with van der Waals surface area (Å²) in [5, 5.41) is 0.268. The summed E-state index contributed by atoms with van der Waals surface area (Å²) in [5.74, 6) is -0.152. The topological polar surface area (TPSA) is 70.0 Å². The number of carbonyl (C=O) groups is 1. The Morgan fingerprint density at radius 1 is 1.18 bits per heavy atom. The Bertz CT molecular complexity index is 884. The first kappa shape index (κ1) is 20.9. The van der Waals surface area contributed by atoms with Gasteiger partial charge in [-0.05, 0) is 48.7 Å². The van der Waals surface area contributed by atoms with Crippen LogP contribution in [-0.4, -0.2) is 49.4 Å². The predicted octanol–water partition coefficient (Wildman–Crippen LogP) is 3.60. The third-order valence-electron chi connectivity index (χ3n) is 4.98. The van der Waals surface area contributed by atoms with E-state index in [2.05, 4.69) is 4.40 Å². The summed E-state index contributed by atoms with van der Waals surface area (Å²) in [6.07, 6.45) is 7.58. The molecule has 0 N–H and O–H groups in total. The molecule has 3 rings (SSSR count). The van der Waals surface area contributed by atoms with E-state index in [1.165, 1.54) is 0 Å². The fourth-order valence-corrected chi connectivity index (χ4v) is 5.79. The van der Waals surface area contributed by atoms with Gasteiger partial charge in [0.1, 0.15) is 0 Å². The molecule has 28 heavy (non-hydrogen) atoms. The summed E-state index contributed by atoms with van der Waals surface area (Å²) in [5.41, 5.74) is 1.07. The molecular weight excluding hydrogens is 394 g/mol. The minimum Gasteiger partial charge on any atom is -0.382 e. The molecule has 1 aromatic rings. The molecule has 152 valence electrons. The predicted molar refractivity (Wildman–Crippen MR) is 114 cm³/mol. The highest BCUT2D eigenvalue weighted by Crippen LogP contribution is 2.37. The largest absolute Gasteiger partial charge is 0.382 e. The van der Waals surface area contributed by atoms with E-state index in [-0.39, 0.29) is 22.0 Å². The summed E-state index contributed by atoms with van der Waals surface area (Å²) >= 11 is 1.14. The summed E-state index contributed by atoms with van der Waals surface area (Å²) in [6.45, 7) is 2.02. The molecule has 1 aromatic carbocycles. The van der Waals surface area contributed by atoms with Crippen molar-refractivity contribution in [2.24, 2.45) is 4.40 Å². The Kier molecular flexibility index (Phi) is 6.50. The number of amidine groups is 1. The van der Waals surface area contributed by atoms with Crippen LogP contribution in [0, 0.1) is 0 Å². The fraction of sp³-hybridized carbons (Fsp3) is 0.500. The molecule has 1 amide bonds. The van der Waals surface area contributed by atoms with E-state index < -0.39 is 10.0 Å². The van der Waals surface area contributed by atoms with Gasteiger partial charge in [-0.3, -0.25) is 9.69 Å². The molecule has 0 aromatic heterocycles. The molecule has 1 aliphatic heterocycles. The Labute approximate surface area is 171 Å². The lowest BCUT2D eigenvalue weighted by Crippen LogP contribution is -2.40. The zero-order valence-electron chi connectivity index (χ0n) is 16.6. The van der Waals surface area contributed by atoms with Crippen LogP contribution in [0.3, 0.4) is 0 Å². The van der Waals surface area contributed by atoms with Gasteiger partial charge in [-0.15, -0.1) is 4.40 Å². The lowest BCUT2D eigenvalue weighted by atomic mass is 9.94. The quantitative estimate of drug-likeness (QED) is 0.680. The van der Waals surface area contributed by atoms with E-state index in [4.69, 9.17) is 0 Å². The second kappa shape index (κ2) is 8.69. The van der Waals surface area contributed by atoms with Gasteiger partial charge in [-0.25, -0.2) is 0 Å². The summed E-state index contributed by atoms with van der Waals surface area (Å²) < 4.78 is 29.9. The third-order valence-corrected chi connectivity index (χ3v) is 7.35. The second-order valence-corrected chi connectivity index (χ2v) is 9.99. The van der Waals surface area contributed by atoms with Crippen molar-refractivity contribution >= 4 is 32.9 Å². The first-order valence-corrected chi connectivity index (χ1v) is 11.9. The van der Waals surface area contributed by atoms with E-state index >= 15 is 0 Å². The van der Waals surface area contributed by atoms with Gasteiger partial charge in [0.15, 0.2) is 5.17 Å². The minimum atomic E-state index is -3.88. The summed E-state index contributed by atoms with van der Waals surface area (Å²) in [7, 11) is -0.203. The third kappa shape index (κ3) is 4.60. The van der Waals surface area contributed by atoms with Crippen LogP contribution in [0.2, 0.25) is 0 Å².